The average molecular weight is 215 g/mol. The molecule has 1 N–H and O–H groups in total. The van der Waals surface area contributed by atoms with Crippen LogP contribution in [0.4, 0.5) is 0 Å². The quantitative estimate of drug-likeness (QED) is 0.785. The molecule has 0 bridgehead atoms. The minimum absolute atomic E-state index is 0.0228. The number of carboxylic acid groups (broad SMARTS) is 1. The molecule has 1 rings (SSSR count). The van der Waals surface area contributed by atoms with Crippen LogP contribution in [0.3, 0.4) is 0 Å². The Hall–Kier alpha value is -1.43. The highest BCUT2D eigenvalue weighted by atomic mass is 32.2. The monoisotopic (exact) mass is 215 g/mol. The molecule has 1 aromatic rings. The summed E-state index contributed by atoms with van der Waals surface area (Å²) >= 11 is 0. The third kappa shape index (κ3) is 2.81. The zero-order chi connectivity index (χ0) is 10.8. The number of rotatable bonds is 3. The molecule has 0 radical (unpaired) electrons. The van der Waals surface area contributed by atoms with Crippen LogP contribution >= 0.6 is 0 Å². The number of sulfone groups is 1. The smallest absolute Gasteiger partial charge is 0.336 e. The minimum atomic E-state index is -3.24. The minimum Gasteiger partial charge on any atom is -0.478 e. The molecule has 0 amide bonds. The number of carboxylic acids is 1. The summed E-state index contributed by atoms with van der Waals surface area (Å²) < 4.78 is 21.9. The maximum absolute atomic E-state index is 11.0. The molecular formula is C8H9NO4S. The van der Waals surface area contributed by atoms with Crippen molar-refractivity contribution in [2.45, 2.75) is 5.75 Å². The molecule has 1 heterocycles. The van der Waals surface area contributed by atoms with E-state index in [4.69, 9.17) is 5.11 Å². The number of hydrogen-bond donors (Lipinski definition) is 1. The van der Waals surface area contributed by atoms with Gasteiger partial charge in [-0.3, -0.25) is 4.98 Å². The van der Waals surface area contributed by atoms with Gasteiger partial charge in [-0.05, 0) is 11.6 Å². The fourth-order valence-corrected chi connectivity index (χ4v) is 1.83. The molecule has 0 spiro atoms. The maximum Gasteiger partial charge on any atom is 0.336 e. The SMILES string of the molecule is CS(=O)(=O)Cc1cnccc1C(=O)O. The highest BCUT2D eigenvalue weighted by Gasteiger charge is 2.13. The van der Waals surface area contributed by atoms with Gasteiger partial charge in [0.25, 0.3) is 0 Å². The Kier molecular flexibility index (Phi) is 2.85. The lowest BCUT2D eigenvalue weighted by Gasteiger charge is -2.02. The second-order valence-corrected chi connectivity index (χ2v) is 5.05. The molecule has 14 heavy (non-hydrogen) atoms. The first kappa shape index (κ1) is 10.6. The Bertz CT molecular complexity index is 452. The van der Waals surface area contributed by atoms with Crippen LogP contribution in [0.2, 0.25) is 0 Å². The molecule has 6 heteroatoms. The van der Waals surface area contributed by atoms with Crippen molar-refractivity contribution in [3.8, 4) is 0 Å². The van der Waals surface area contributed by atoms with E-state index in [2.05, 4.69) is 4.98 Å². The van der Waals surface area contributed by atoms with Crippen LogP contribution in [0.1, 0.15) is 15.9 Å². The van der Waals surface area contributed by atoms with Crippen LogP contribution in [0.5, 0.6) is 0 Å². The van der Waals surface area contributed by atoms with Crippen molar-refractivity contribution in [1.29, 1.82) is 0 Å². The standard InChI is InChI=1S/C8H9NO4S/c1-14(12,13)5-6-4-9-3-2-7(6)8(10)11/h2-4H,5H2,1H3,(H,10,11). The number of nitrogens with zero attached hydrogens (tertiary/aromatic N) is 1. The van der Waals surface area contributed by atoms with E-state index < -0.39 is 15.8 Å². The molecule has 0 saturated carbocycles. The molecule has 76 valence electrons. The van der Waals surface area contributed by atoms with Gasteiger partial charge in [-0.25, -0.2) is 13.2 Å². The summed E-state index contributed by atoms with van der Waals surface area (Å²) in [6, 6.07) is 1.28. The highest BCUT2D eigenvalue weighted by Crippen LogP contribution is 2.10. The van der Waals surface area contributed by atoms with E-state index in [9.17, 15) is 13.2 Å². The summed E-state index contributed by atoms with van der Waals surface area (Å²) in [5, 5.41) is 8.74. The predicted molar refractivity (Wildman–Crippen MR) is 49.7 cm³/mol. The topological polar surface area (TPSA) is 84.3 Å². The largest absolute Gasteiger partial charge is 0.478 e. The molecule has 0 aliphatic rings. The van der Waals surface area contributed by atoms with Crippen molar-refractivity contribution in [2.75, 3.05) is 6.26 Å². The van der Waals surface area contributed by atoms with Crippen LogP contribution in [-0.2, 0) is 15.6 Å². The highest BCUT2D eigenvalue weighted by molar-refractivity contribution is 7.89. The summed E-state index contributed by atoms with van der Waals surface area (Å²) in [6.07, 6.45) is 3.62. The van der Waals surface area contributed by atoms with Gasteiger partial charge in [0, 0.05) is 18.6 Å². The fourth-order valence-electron chi connectivity index (χ4n) is 1.03. The van der Waals surface area contributed by atoms with E-state index in [0.717, 1.165) is 6.26 Å². The Morgan fingerprint density at radius 2 is 2.21 bits per heavy atom. The molecule has 0 fully saturated rings. The van der Waals surface area contributed by atoms with Crippen molar-refractivity contribution >= 4 is 15.8 Å². The van der Waals surface area contributed by atoms with Gasteiger partial charge in [-0.2, -0.15) is 0 Å². The predicted octanol–water partition coefficient (Wildman–Crippen LogP) is 0.324. The second kappa shape index (κ2) is 3.75. The Labute approximate surface area is 81.3 Å². The molecule has 5 nitrogen and oxygen atoms in total. The van der Waals surface area contributed by atoms with Gasteiger partial charge < -0.3 is 5.11 Å². The normalized spacial score (nSPS) is 11.2. The van der Waals surface area contributed by atoms with Crippen molar-refractivity contribution in [1.82, 2.24) is 4.98 Å². The van der Waals surface area contributed by atoms with E-state index in [1.807, 2.05) is 0 Å². The fraction of sp³-hybridized carbons (Fsp3) is 0.250. The zero-order valence-electron chi connectivity index (χ0n) is 7.47. The molecule has 0 aliphatic heterocycles. The van der Waals surface area contributed by atoms with Crippen molar-refractivity contribution < 1.29 is 18.3 Å². The molecule has 1 aromatic heterocycles. The molecule has 0 unspecified atom stereocenters. The second-order valence-electron chi connectivity index (χ2n) is 2.91. The number of carbonyl (C=O) groups is 1. The van der Waals surface area contributed by atoms with E-state index in [1.165, 1.54) is 18.5 Å². The lowest BCUT2D eigenvalue weighted by Crippen LogP contribution is -2.08. The summed E-state index contributed by atoms with van der Waals surface area (Å²) in [6.45, 7) is 0. The first-order valence-electron chi connectivity index (χ1n) is 3.74. The van der Waals surface area contributed by atoms with Crippen molar-refractivity contribution in [3.05, 3.63) is 29.6 Å². The first-order valence-corrected chi connectivity index (χ1v) is 5.80. The van der Waals surface area contributed by atoms with E-state index >= 15 is 0 Å². The van der Waals surface area contributed by atoms with Crippen LogP contribution in [0.15, 0.2) is 18.5 Å². The third-order valence-corrected chi connectivity index (χ3v) is 2.39. The molecular weight excluding hydrogens is 206 g/mol. The van der Waals surface area contributed by atoms with Crippen molar-refractivity contribution in [2.24, 2.45) is 0 Å². The van der Waals surface area contributed by atoms with Crippen LogP contribution in [0, 0.1) is 0 Å². The maximum atomic E-state index is 11.0. The van der Waals surface area contributed by atoms with Crippen LogP contribution < -0.4 is 0 Å². The number of pyridine rings is 1. The number of hydrogen-bond acceptors (Lipinski definition) is 4. The van der Waals surface area contributed by atoms with E-state index in [0.29, 0.717) is 0 Å². The summed E-state index contributed by atoms with van der Waals surface area (Å²) in [4.78, 5) is 14.4. The van der Waals surface area contributed by atoms with Crippen LogP contribution in [0.25, 0.3) is 0 Å². The van der Waals surface area contributed by atoms with E-state index in [1.54, 1.807) is 0 Å². The van der Waals surface area contributed by atoms with E-state index in [-0.39, 0.29) is 16.9 Å². The average Bonchev–Trinajstić information content (AvgIpc) is 2.01. The Morgan fingerprint density at radius 3 is 2.71 bits per heavy atom. The molecule has 0 saturated heterocycles. The summed E-state index contributed by atoms with van der Waals surface area (Å²) in [7, 11) is -3.24. The lowest BCUT2D eigenvalue weighted by atomic mass is 10.2. The third-order valence-electron chi connectivity index (χ3n) is 1.55. The number of aromatic nitrogens is 1. The Balaban J connectivity index is 3.15. The van der Waals surface area contributed by atoms with Gasteiger partial charge in [0.2, 0.25) is 0 Å². The van der Waals surface area contributed by atoms with Gasteiger partial charge in [0.1, 0.15) is 0 Å². The number of aromatic carboxylic acids is 1. The zero-order valence-corrected chi connectivity index (χ0v) is 8.28. The summed E-state index contributed by atoms with van der Waals surface area (Å²) in [5.74, 6) is -1.45. The van der Waals surface area contributed by atoms with Gasteiger partial charge in [0.05, 0.1) is 11.3 Å². The lowest BCUT2D eigenvalue weighted by molar-refractivity contribution is 0.0696. The van der Waals surface area contributed by atoms with Gasteiger partial charge >= 0.3 is 5.97 Å². The first-order chi connectivity index (χ1) is 6.40. The van der Waals surface area contributed by atoms with Gasteiger partial charge in [-0.1, -0.05) is 0 Å². The Morgan fingerprint density at radius 1 is 1.57 bits per heavy atom. The van der Waals surface area contributed by atoms with Gasteiger partial charge in [-0.15, -0.1) is 0 Å². The van der Waals surface area contributed by atoms with Gasteiger partial charge in [0.15, 0.2) is 9.84 Å². The molecule has 0 aromatic carbocycles. The molecule has 0 aliphatic carbocycles. The summed E-state index contributed by atoms with van der Waals surface area (Å²) in [5.41, 5.74) is 0.188. The molecule has 0 atom stereocenters. The van der Waals surface area contributed by atoms with Crippen LogP contribution in [-0.4, -0.2) is 30.7 Å². The van der Waals surface area contributed by atoms with Crippen molar-refractivity contribution in [3.63, 3.8) is 0 Å².